The summed E-state index contributed by atoms with van der Waals surface area (Å²) in [7, 11) is 0. The van der Waals surface area contributed by atoms with Crippen molar-refractivity contribution < 1.29 is 4.79 Å². The number of H-pyrrole nitrogens is 1. The second-order valence-corrected chi connectivity index (χ2v) is 6.17. The molecule has 0 saturated carbocycles. The molecule has 2 nitrogen and oxygen atoms in total. The maximum absolute atomic E-state index is 11.7. The molecule has 1 aromatic carbocycles. The second-order valence-electron chi connectivity index (χ2n) is 3.89. The molecule has 18 heavy (non-hydrogen) atoms. The van der Waals surface area contributed by atoms with E-state index in [1.54, 1.807) is 6.07 Å². The maximum atomic E-state index is 11.7. The molecule has 1 N–H and O–H groups in total. The first-order valence-corrected chi connectivity index (χ1v) is 6.43. The van der Waals surface area contributed by atoms with Gasteiger partial charge in [-0.3, -0.25) is 4.79 Å². The van der Waals surface area contributed by atoms with Crippen molar-refractivity contribution >= 4 is 40.6 Å². The monoisotopic (exact) mass is 301 g/mol. The zero-order valence-corrected chi connectivity index (χ0v) is 11.6. The van der Waals surface area contributed by atoms with E-state index in [4.69, 9.17) is 34.8 Å². The third-order valence-corrected chi connectivity index (χ3v) is 3.00. The summed E-state index contributed by atoms with van der Waals surface area (Å²) in [5.74, 6) is -0.549. The van der Waals surface area contributed by atoms with Gasteiger partial charge in [0.25, 0.3) is 3.79 Å². The van der Waals surface area contributed by atoms with Gasteiger partial charge < -0.3 is 4.98 Å². The first-order valence-electron chi connectivity index (χ1n) is 5.30. The van der Waals surface area contributed by atoms with Gasteiger partial charge in [0.15, 0.2) is 0 Å². The van der Waals surface area contributed by atoms with Crippen LogP contribution in [0.5, 0.6) is 0 Å². The van der Waals surface area contributed by atoms with Crippen molar-refractivity contribution in [3.63, 3.8) is 0 Å². The molecule has 2 aromatic rings. The third kappa shape index (κ3) is 3.29. The number of benzene rings is 1. The van der Waals surface area contributed by atoms with E-state index in [-0.39, 0.29) is 0 Å². The van der Waals surface area contributed by atoms with Crippen LogP contribution in [0.25, 0.3) is 0 Å². The van der Waals surface area contributed by atoms with Crippen LogP contribution < -0.4 is 0 Å². The Morgan fingerprint density at radius 2 is 1.72 bits per heavy atom. The predicted molar refractivity (Wildman–Crippen MR) is 74.7 cm³/mol. The fraction of sp³-hybridized carbons (Fsp3) is 0.154. The van der Waals surface area contributed by atoms with Crippen molar-refractivity contribution in [3.05, 3.63) is 59.4 Å². The number of hydrogen-bond donors (Lipinski definition) is 1. The van der Waals surface area contributed by atoms with Gasteiger partial charge in [-0.2, -0.15) is 0 Å². The normalized spacial score (nSPS) is 11.5. The molecule has 0 fully saturated rings. The van der Waals surface area contributed by atoms with Crippen molar-refractivity contribution in [2.24, 2.45) is 0 Å². The summed E-state index contributed by atoms with van der Waals surface area (Å²) in [4.78, 5) is 14.7. The molecule has 0 atom stereocenters. The Morgan fingerprint density at radius 1 is 1.06 bits per heavy atom. The van der Waals surface area contributed by atoms with Gasteiger partial charge in [-0.1, -0.05) is 65.1 Å². The van der Waals surface area contributed by atoms with E-state index in [2.05, 4.69) is 4.98 Å². The van der Waals surface area contributed by atoms with Gasteiger partial charge in [0.1, 0.15) is 0 Å². The molecule has 0 aliphatic heterocycles. The van der Waals surface area contributed by atoms with Gasteiger partial charge >= 0.3 is 0 Å². The van der Waals surface area contributed by atoms with Crippen LogP contribution in [0.15, 0.2) is 42.5 Å². The number of carbonyl (C=O) groups excluding carboxylic acids is 1. The SMILES string of the molecule is O=C(c1ccc(Cc2ccccc2)[nH]1)C(Cl)(Cl)Cl. The molecule has 0 saturated heterocycles. The number of aromatic amines is 1. The van der Waals surface area contributed by atoms with E-state index in [0.29, 0.717) is 12.1 Å². The minimum Gasteiger partial charge on any atom is -0.356 e. The van der Waals surface area contributed by atoms with Crippen molar-refractivity contribution in [1.29, 1.82) is 0 Å². The average Bonchev–Trinajstić information content (AvgIpc) is 2.76. The van der Waals surface area contributed by atoms with Gasteiger partial charge in [-0.05, 0) is 17.7 Å². The lowest BCUT2D eigenvalue weighted by Gasteiger charge is -2.07. The van der Waals surface area contributed by atoms with Gasteiger partial charge in [0, 0.05) is 12.1 Å². The summed E-state index contributed by atoms with van der Waals surface area (Å²) in [5, 5.41) is 0. The van der Waals surface area contributed by atoms with E-state index in [1.807, 2.05) is 36.4 Å². The van der Waals surface area contributed by atoms with Gasteiger partial charge in [-0.25, -0.2) is 0 Å². The number of nitrogens with one attached hydrogen (secondary N) is 1. The minimum absolute atomic E-state index is 0.306. The Kier molecular flexibility index (Phi) is 4.00. The summed E-state index contributed by atoms with van der Waals surface area (Å²) in [6.45, 7) is 0. The number of alkyl halides is 3. The lowest BCUT2D eigenvalue weighted by Crippen LogP contribution is -2.19. The van der Waals surface area contributed by atoms with E-state index in [9.17, 15) is 4.79 Å². The number of carbonyl (C=O) groups is 1. The molecular formula is C13H10Cl3NO. The van der Waals surface area contributed by atoms with Crippen LogP contribution in [-0.4, -0.2) is 14.6 Å². The van der Waals surface area contributed by atoms with Gasteiger partial charge in [-0.15, -0.1) is 0 Å². The lowest BCUT2D eigenvalue weighted by atomic mass is 10.1. The van der Waals surface area contributed by atoms with Crippen molar-refractivity contribution in [2.75, 3.05) is 0 Å². The number of hydrogen-bond acceptors (Lipinski definition) is 1. The molecule has 1 heterocycles. The molecule has 0 amide bonds. The molecule has 0 unspecified atom stereocenters. The van der Waals surface area contributed by atoms with Crippen LogP contribution >= 0.6 is 34.8 Å². The van der Waals surface area contributed by atoms with Gasteiger partial charge in [0.05, 0.1) is 5.69 Å². The summed E-state index contributed by atoms with van der Waals surface area (Å²) in [5.41, 5.74) is 2.35. The fourth-order valence-corrected chi connectivity index (χ4v) is 1.95. The molecule has 94 valence electrons. The van der Waals surface area contributed by atoms with E-state index in [1.165, 1.54) is 0 Å². The first kappa shape index (κ1) is 13.5. The van der Waals surface area contributed by atoms with E-state index in [0.717, 1.165) is 11.3 Å². The number of aromatic nitrogens is 1. The highest BCUT2D eigenvalue weighted by Gasteiger charge is 2.32. The highest BCUT2D eigenvalue weighted by molar-refractivity contribution is 6.77. The zero-order chi connectivity index (χ0) is 13.2. The second kappa shape index (κ2) is 5.35. The molecule has 0 radical (unpaired) electrons. The maximum Gasteiger partial charge on any atom is 0.254 e. The topological polar surface area (TPSA) is 32.9 Å². The third-order valence-electron chi connectivity index (χ3n) is 2.49. The Morgan fingerprint density at radius 3 is 2.33 bits per heavy atom. The van der Waals surface area contributed by atoms with Crippen LogP contribution in [0.4, 0.5) is 0 Å². The lowest BCUT2D eigenvalue weighted by molar-refractivity contribution is 0.0992. The van der Waals surface area contributed by atoms with Crippen LogP contribution in [0.1, 0.15) is 21.7 Å². The highest BCUT2D eigenvalue weighted by atomic mass is 35.6. The summed E-state index contributed by atoms with van der Waals surface area (Å²) in [6, 6.07) is 13.3. The van der Waals surface area contributed by atoms with E-state index >= 15 is 0 Å². The van der Waals surface area contributed by atoms with Crippen LogP contribution in [0.3, 0.4) is 0 Å². The smallest absolute Gasteiger partial charge is 0.254 e. The van der Waals surface area contributed by atoms with Crippen LogP contribution in [0, 0.1) is 0 Å². The summed E-state index contributed by atoms with van der Waals surface area (Å²) >= 11 is 16.6. The molecule has 0 aliphatic rings. The summed E-state index contributed by atoms with van der Waals surface area (Å²) in [6.07, 6.45) is 0.702. The number of Topliss-reactive ketones (excluding diaryl/α,β-unsaturated/α-hetero) is 1. The van der Waals surface area contributed by atoms with Crippen molar-refractivity contribution in [1.82, 2.24) is 4.98 Å². The van der Waals surface area contributed by atoms with E-state index < -0.39 is 9.58 Å². The molecule has 5 heteroatoms. The Bertz CT molecular complexity index is 543. The van der Waals surface area contributed by atoms with Crippen LogP contribution in [0.2, 0.25) is 0 Å². The Labute approximate surface area is 120 Å². The molecule has 2 rings (SSSR count). The van der Waals surface area contributed by atoms with Crippen molar-refractivity contribution in [2.45, 2.75) is 10.2 Å². The standard InChI is InChI=1S/C13H10Cl3NO/c14-13(15,16)12(18)11-7-6-10(17-11)8-9-4-2-1-3-5-9/h1-7,17H,8H2. The average molecular weight is 303 g/mol. The fourth-order valence-electron chi connectivity index (χ4n) is 1.64. The first-order chi connectivity index (χ1) is 8.47. The van der Waals surface area contributed by atoms with Gasteiger partial charge in [0.2, 0.25) is 5.78 Å². The highest BCUT2D eigenvalue weighted by Crippen LogP contribution is 2.30. The molecule has 1 aromatic heterocycles. The molecule has 0 aliphatic carbocycles. The molecular weight excluding hydrogens is 293 g/mol. The molecule has 0 spiro atoms. The van der Waals surface area contributed by atoms with Crippen LogP contribution in [-0.2, 0) is 6.42 Å². The Balaban J connectivity index is 2.14. The summed E-state index contributed by atoms with van der Waals surface area (Å²) < 4.78 is -1.92. The minimum atomic E-state index is -1.92. The predicted octanol–water partition coefficient (Wildman–Crippen LogP) is 4.16. The number of ketones is 1. The zero-order valence-electron chi connectivity index (χ0n) is 9.29. The Hall–Kier alpha value is -0.960. The number of rotatable bonds is 3. The van der Waals surface area contributed by atoms with Crippen molar-refractivity contribution in [3.8, 4) is 0 Å². The number of halogens is 3. The largest absolute Gasteiger partial charge is 0.356 e. The quantitative estimate of drug-likeness (QED) is 0.670. The molecule has 0 bridgehead atoms.